The highest BCUT2D eigenvalue weighted by molar-refractivity contribution is 7.13. The van der Waals surface area contributed by atoms with Gasteiger partial charge in [-0.15, -0.1) is 11.3 Å². The first kappa shape index (κ1) is 20.9. The number of aromatic carboxylic acids is 1. The van der Waals surface area contributed by atoms with Gasteiger partial charge in [-0.25, -0.2) is 14.8 Å². The predicted octanol–water partition coefficient (Wildman–Crippen LogP) is 4.66. The van der Waals surface area contributed by atoms with Crippen LogP contribution in [0.2, 0.25) is 0 Å². The highest BCUT2D eigenvalue weighted by atomic mass is 32.1. The van der Waals surface area contributed by atoms with E-state index in [1.165, 1.54) is 36.4 Å². The number of thiazole rings is 1. The van der Waals surface area contributed by atoms with Gasteiger partial charge in [0.1, 0.15) is 10.6 Å². The molecule has 5 rings (SSSR count). The van der Waals surface area contributed by atoms with Crippen molar-refractivity contribution in [3.05, 3.63) is 51.4 Å². The highest BCUT2D eigenvalue weighted by Crippen LogP contribution is 2.42. The van der Waals surface area contributed by atoms with Gasteiger partial charge in [0.25, 0.3) is 0 Å². The summed E-state index contributed by atoms with van der Waals surface area (Å²) in [6.45, 7) is 4.81. The van der Waals surface area contributed by atoms with Crippen molar-refractivity contribution in [1.29, 1.82) is 0 Å². The average molecular weight is 452 g/mol. The van der Waals surface area contributed by atoms with Crippen molar-refractivity contribution in [2.45, 2.75) is 45.6 Å². The van der Waals surface area contributed by atoms with Crippen LogP contribution in [0.25, 0.3) is 21.8 Å². The van der Waals surface area contributed by atoms with Gasteiger partial charge < -0.3 is 14.4 Å². The van der Waals surface area contributed by atoms with Crippen molar-refractivity contribution < 1.29 is 14.6 Å². The summed E-state index contributed by atoms with van der Waals surface area (Å²) in [6.07, 6.45) is 7.46. The van der Waals surface area contributed by atoms with Crippen molar-refractivity contribution in [2.75, 3.05) is 6.61 Å². The highest BCUT2D eigenvalue weighted by Gasteiger charge is 2.31. The van der Waals surface area contributed by atoms with Gasteiger partial charge >= 0.3 is 5.97 Å². The third-order valence-corrected chi connectivity index (χ3v) is 7.11. The second-order valence-electron chi connectivity index (χ2n) is 8.92. The van der Waals surface area contributed by atoms with Crippen molar-refractivity contribution >= 4 is 17.3 Å². The summed E-state index contributed by atoms with van der Waals surface area (Å²) in [4.78, 5) is 33.5. The number of aromatic nitrogens is 3. The molecule has 2 aliphatic rings. The maximum atomic E-state index is 12.6. The van der Waals surface area contributed by atoms with Crippen LogP contribution in [0, 0.1) is 11.8 Å². The first-order valence-electron chi connectivity index (χ1n) is 11.0. The molecule has 0 spiro atoms. The van der Waals surface area contributed by atoms with Crippen LogP contribution in [0.3, 0.4) is 0 Å². The fourth-order valence-electron chi connectivity index (χ4n) is 4.31. The van der Waals surface area contributed by atoms with Gasteiger partial charge in [0.05, 0.1) is 23.6 Å². The van der Waals surface area contributed by atoms with Crippen LogP contribution < -0.4 is 10.2 Å². The fourth-order valence-corrected chi connectivity index (χ4v) is 4.96. The minimum Gasteiger partial charge on any atom is -0.477 e. The van der Waals surface area contributed by atoms with Gasteiger partial charge in [0.2, 0.25) is 5.88 Å². The molecule has 0 bridgehead atoms. The van der Waals surface area contributed by atoms with Crippen LogP contribution >= 0.6 is 11.3 Å². The van der Waals surface area contributed by atoms with Gasteiger partial charge in [-0.3, -0.25) is 4.79 Å². The van der Waals surface area contributed by atoms with Gasteiger partial charge in [0.15, 0.2) is 5.43 Å². The zero-order valence-electron chi connectivity index (χ0n) is 18.1. The molecule has 0 amide bonds. The Morgan fingerprint density at radius 2 is 2.12 bits per heavy atom. The predicted molar refractivity (Wildman–Crippen MR) is 122 cm³/mol. The van der Waals surface area contributed by atoms with Crippen LogP contribution in [-0.4, -0.2) is 32.2 Å². The van der Waals surface area contributed by atoms with E-state index < -0.39 is 11.4 Å². The molecule has 1 aliphatic carbocycles. The molecule has 166 valence electrons. The molecule has 3 aromatic rings. The summed E-state index contributed by atoms with van der Waals surface area (Å²) in [5.41, 5.74) is 2.48. The molecule has 8 heteroatoms. The quantitative estimate of drug-likeness (QED) is 0.561. The van der Waals surface area contributed by atoms with E-state index in [1.54, 1.807) is 6.20 Å². The number of ether oxygens (including phenoxy) is 1. The molecule has 1 atom stereocenters. The van der Waals surface area contributed by atoms with Crippen LogP contribution in [0.4, 0.5) is 0 Å². The first-order chi connectivity index (χ1) is 15.4. The largest absolute Gasteiger partial charge is 0.477 e. The lowest BCUT2D eigenvalue weighted by Gasteiger charge is -2.33. The molecule has 1 N–H and O–H groups in total. The molecular weight excluding hydrogens is 426 g/mol. The van der Waals surface area contributed by atoms with Crippen LogP contribution in [0.15, 0.2) is 34.7 Å². The second kappa shape index (κ2) is 8.16. The van der Waals surface area contributed by atoms with E-state index in [1.807, 2.05) is 16.0 Å². The lowest BCUT2D eigenvalue weighted by molar-refractivity contribution is 0.0694. The Hall–Kier alpha value is -3.00. The van der Waals surface area contributed by atoms with Crippen molar-refractivity contribution in [3.63, 3.8) is 0 Å². The van der Waals surface area contributed by atoms with Crippen molar-refractivity contribution in [3.8, 4) is 27.7 Å². The molecule has 1 aliphatic heterocycles. The third kappa shape index (κ3) is 3.83. The maximum absolute atomic E-state index is 12.6. The molecule has 1 unspecified atom stereocenters. The van der Waals surface area contributed by atoms with Crippen LogP contribution in [-0.2, 0) is 6.42 Å². The van der Waals surface area contributed by atoms with Gasteiger partial charge in [-0.2, -0.15) is 0 Å². The molecule has 0 aromatic carbocycles. The van der Waals surface area contributed by atoms with Gasteiger partial charge in [-0.1, -0.05) is 26.7 Å². The average Bonchev–Trinajstić information content (AvgIpc) is 3.42. The minimum absolute atomic E-state index is 0.00581. The fraction of sp³-hybridized carbons (Fsp3) is 0.417. The summed E-state index contributed by atoms with van der Waals surface area (Å²) in [6, 6.07) is 3.42. The molecule has 4 heterocycles. The molecule has 3 aromatic heterocycles. The molecular formula is C24H25N3O4S. The molecule has 1 fully saturated rings. The van der Waals surface area contributed by atoms with Crippen molar-refractivity contribution in [1.82, 2.24) is 14.5 Å². The van der Waals surface area contributed by atoms with E-state index in [-0.39, 0.29) is 17.5 Å². The number of carbonyl (C=O) groups is 1. The summed E-state index contributed by atoms with van der Waals surface area (Å²) in [7, 11) is 0. The van der Waals surface area contributed by atoms with E-state index in [2.05, 4.69) is 18.8 Å². The number of hydrogen-bond acceptors (Lipinski definition) is 6. The minimum atomic E-state index is -1.21. The Labute approximate surface area is 189 Å². The summed E-state index contributed by atoms with van der Waals surface area (Å²) in [5, 5.41) is 12.2. The van der Waals surface area contributed by atoms with Crippen molar-refractivity contribution in [2.24, 2.45) is 11.8 Å². The topological polar surface area (TPSA) is 94.3 Å². The van der Waals surface area contributed by atoms with E-state index in [4.69, 9.17) is 9.72 Å². The second-order valence-corrected chi connectivity index (χ2v) is 9.81. The van der Waals surface area contributed by atoms with E-state index in [0.29, 0.717) is 24.6 Å². The summed E-state index contributed by atoms with van der Waals surface area (Å²) in [5.74, 6) is 0.369. The molecule has 1 saturated carbocycles. The Balaban J connectivity index is 1.65. The van der Waals surface area contributed by atoms with E-state index in [9.17, 15) is 14.7 Å². The summed E-state index contributed by atoms with van der Waals surface area (Å²) >= 11 is 1.51. The normalized spacial score (nSPS) is 17.2. The lowest BCUT2D eigenvalue weighted by atomic mass is 9.89. The molecule has 7 nitrogen and oxygen atoms in total. The Morgan fingerprint density at radius 1 is 1.31 bits per heavy atom. The van der Waals surface area contributed by atoms with Crippen LogP contribution in [0.1, 0.15) is 55.2 Å². The number of pyridine rings is 2. The number of rotatable bonds is 7. The Kier molecular flexibility index (Phi) is 5.33. The number of nitrogens with zero attached hydrogens (tertiary/aromatic N) is 3. The standard InChI is InChI=1S/C24H25N3O4S/c1-13(2)19-10-18-15(20-11-21(28)17(24(29)30)12-27(19)20)9-16(23-25-6-8-32-23)22(26-18)31-7-5-14-3-4-14/h6,8-9,11-14,19H,3-5,7,10H2,1-2H3,(H,29,30). The van der Waals surface area contributed by atoms with E-state index >= 15 is 0 Å². The maximum Gasteiger partial charge on any atom is 0.341 e. The number of hydrogen-bond donors (Lipinski definition) is 1. The van der Waals surface area contributed by atoms with E-state index in [0.717, 1.165) is 34.2 Å². The smallest absolute Gasteiger partial charge is 0.341 e. The zero-order valence-corrected chi connectivity index (χ0v) is 18.9. The SMILES string of the molecule is CC(C)C1Cc2nc(OCCC3CC3)c(-c3nccs3)cc2-c2cc(=O)c(C(=O)O)cn21. The zero-order chi connectivity index (χ0) is 22.4. The number of carboxylic acids is 1. The number of fused-ring (bicyclic) bond motifs is 3. The monoisotopic (exact) mass is 451 g/mol. The summed E-state index contributed by atoms with van der Waals surface area (Å²) < 4.78 is 8.07. The van der Waals surface area contributed by atoms with Crippen LogP contribution in [0.5, 0.6) is 5.88 Å². The number of carboxylic acid groups (broad SMARTS) is 1. The van der Waals surface area contributed by atoms with Gasteiger partial charge in [0, 0.05) is 41.9 Å². The van der Waals surface area contributed by atoms with Gasteiger partial charge in [-0.05, 0) is 24.3 Å². The third-order valence-electron chi connectivity index (χ3n) is 6.31. The Bertz CT molecular complexity index is 1230. The molecule has 0 saturated heterocycles. The lowest BCUT2D eigenvalue weighted by Crippen LogP contribution is -2.28. The Morgan fingerprint density at radius 3 is 2.78 bits per heavy atom. The first-order valence-corrected chi connectivity index (χ1v) is 11.9. The molecule has 32 heavy (non-hydrogen) atoms. The molecule has 0 radical (unpaired) electrons.